The number of pyridine rings is 1. The number of urea groups is 1. The van der Waals surface area contributed by atoms with E-state index in [2.05, 4.69) is 58.2 Å². The summed E-state index contributed by atoms with van der Waals surface area (Å²) in [7, 11) is 0. The molecule has 27 heavy (non-hydrogen) atoms. The number of nitrogens with zero attached hydrogens (tertiary/aromatic N) is 4. The summed E-state index contributed by atoms with van der Waals surface area (Å²) in [4.78, 5) is 23.0. The van der Waals surface area contributed by atoms with Crippen molar-refractivity contribution in [1.82, 2.24) is 15.2 Å². The van der Waals surface area contributed by atoms with E-state index in [-0.39, 0.29) is 6.03 Å². The predicted octanol–water partition coefficient (Wildman–Crippen LogP) is 2.96. The summed E-state index contributed by atoms with van der Waals surface area (Å²) in [6, 6.07) is 12.6. The van der Waals surface area contributed by atoms with Crippen molar-refractivity contribution in [2.75, 3.05) is 49.1 Å². The molecule has 2 aromatic rings. The first-order chi connectivity index (χ1) is 13.2. The van der Waals surface area contributed by atoms with Crippen LogP contribution in [0.5, 0.6) is 0 Å². The van der Waals surface area contributed by atoms with E-state index in [4.69, 9.17) is 0 Å². The lowest BCUT2D eigenvalue weighted by atomic mass is 10.2. The number of nitrogens with one attached hydrogen (secondary N) is 1. The van der Waals surface area contributed by atoms with E-state index in [1.54, 1.807) is 12.4 Å². The van der Waals surface area contributed by atoms with E-state index >= 15 is 0 Å². The molecule has 1 N–H and O–H groups in total. The molecule has 6 heteroatoms. The highest BCUT2D eigenvalue weighted by molar-refractivity contribution is 5.74. The molecule has 0 atom stereocenters. The molecule has 0 saturated carbocycles. The summed E-state index contributed by atoms with van der Waals surface area (Å²) in [5.41, 5.74) is 3.50. The number of piperazine rings is 1. The number of aromatic nitrogens is 1. The Balaban J connectivity index is 1.49. The van der Waals surface area contributed by atoms with Gasteiger partial charge in [-0.25, -0.2) is 4.79 Å². The molecule has 1 fully saturated rings. The van der Waals surface area contributed by atoms with E-state index in [1.165, 1.54) is 11.4 Å². The number of rotatable bonds is 6. The molecule has 0 bridgehead atoms. The van der Waals surface area contributed by atoms with Crippen LogP contribution in [0.4, 0.5) is 16.2 Å². The van der Waals surface area contributed by atoms with Gasteiger partial charge in [0.1, 0.15) is 0 Å². The molecule has 0 aliphatic carbocycles. The van der Waals surface area contributed by atoms with Crippen LogP contribution in [0.15, 0.2) is 48.8 Å². The third kappa shape index (κ3) is 4.90. The van der Waals surface area contributed by atoms with Crippen molar-refractivity contribution in [3.8, 4) is 0 Å². The Morgan fingerprint density at radius 1 is 1.07 bits per heavy atom. The van der Waals surface area contributed by atoms with Crippen LogP contribution in [-0.2, 0) is 6.54 Å². The first kappa shape index (κ1) is 19.0. The number of benzene rings is 1. The first-order valence-corrected chi connectivity index (χ1v) is 9.73. The first-order valence-electron chi connectivity index (χ1n) is 9.73. The van der Waals surface area contributed by atoms with Gasteiger partial charge in [-0.05, 0) is 49.7 Å². The maximum atomic E-state index is 12.4. The van der Waals surface area contributed by atoms with Gasteiger partial charge in [0.15, 0.2) is 0 Å². The van der Waals surface area contributed by atoms with Gasteiger partial charge in [-0.3, -0.25) is 4.98 Å². The van der Waals surface area contributed by atoms with Crippen LogP contribution in [0.3, 0.4) is 0 Å². The van der Waals surface area contributed by atoms with Crippen LogP contribution in [0.25, 0.3) is 0 Å². The van der Waals surface area contributed by atoms with Gasteiger partial charge in [0.2, 0.25) is 0 Å². The van der Waals surface area contributed by atoms with Gasteiger partial charge in [-0.1, -0.05) is 6.07 Å². The van der Waals surface area contributed by atoms with Crippen LogP contribution in [0, 0.1) is 0 Å². The Labute approximate surface area is 161 Å². The Morgan fingerprint density at radius 2 is 1.78 bits per heavy atom. The van der Waals surface area contributed by atoms with E-state index < -0.39 is 0 Å². The Kier molecular flexibility index (Phi) is 6.52. The van der Waals surface area contributed by atoms with Crippen molar-refractivity contribution >= 4 is 17.4 Å². The highest BCUT2D eigenvalue weighted by Gasteiger charge is 2.21. The molecule has 0 radical (unpaired) electrons. The van der Waals surface area contributed by atoms with Crippen LogP contribution >= 0.6 is 0 Å². The van der Waals surface area contributed by atoms with Crippen LogP contribution in [0.2, 0.25) is 0 Å². The average Bonchev–Trinajstić information content (AvgIpc) is 2.74. The number of carbonyl (C=O) groups is 1. The molecule has 3 rings (SSSR count). The highest BCUT2D eigenvalue weighted by atomic mass is 16.2. The van der Waals surface area contributed by atoms with Crippen LogP contribution in [-0.4, -0.2) is 55.2 Å². The molecule has 0 unspecified atom stereocenters. The Bertz CT molecular complexity index is 707. The topological polar surface area (TPSA) is 51.7 Å². The highest BCUT2D eigenvalue weighted by Crippen LogP contribution is 2.22. The van der Waals surface area contributed by atoms with Gasteiger partial charge in [0.05, 0.1) is 0 Å². The second kappa shape index (κ2) is 9.26. The zero-order valence-electron chi connectivity index (χ0n) is 16.3. The number of carbonyl (C=O) groups excluding carboxylic acids is 1. The minimum Gasteiger partial charge on any atom is -0.372 e. The minimum absolute atomic E-state index is 0.00427. The standard InChI is InChI=1S/C21H29N5O/c1-3-24(4-2)19-7-9-20(10-8-19)25-12-14-26(15-13-25)21(27)23-17-18-6-5-11-22-16-18/h5-11,16H,3-4,12-15,17H2,1-2H3,(H,23,27). The normalized spacial score (nSPS) is 14.1. The summed E-state index contributed by atoms with van der Waals surface area (Å²) < 4.78 is 0. The minimum atomic E-state index is -0.00427. The quantitative estimate of drug-likeness (QED) is 0.853. The summed E-state index contributed by atoms with van der Waals surface area (Å²) in [6.07, 6.45) is 3.51. The fourth-order valence-electron chi connectivity index (χ4n) is 3.42. The molecule has 1 aromatic carbocycles. The number of amides is 2. The molecule has 0 spiro atoms. The fraction of sp³-hybridized carbons (Fsp3) is 0.429. The van der Waals surface area contributed by atoms with Crippen LogP contribution in [0.1, 0.15) is 19.4 Å². The van der Waals surface area contributed by atoms with E-state index in [0.29, 0.717) is 6.54 Å². The van der Waals surface area contributed by atoms with Crippen molar-refractivity contribution in [3.63, 3.8) is 0 Å². The number of anilines is 2. The summed E-state index contributed by atoms with van der Waals surface area (Å²) in [6.45, 7) is 10.1. The zero-order chi connectivity index (χ0) is 19.1. The number of hydrogen-bond donors (Lipinski definition) is 1. The molecular weight excluding hydrogens is 338 g/mol. The average molecular weight is 367 g/mol. The molecule has 144 valence electrons. The second-order valence-electron chi connectivity index (χ2n) is 6.68. The van der Waals surface area contributed by atoms with Crippen molar-refractivity contribution in [3.05, 3.63) is 54.4 Å². The maximum absolute atomic E-state index is 12.4. The third-order valence-electron chi connectivity index (χ3n) is 5.08. The van der Waals surface area contributed by atoms with Crippen LogP contribution < -0.4 is 15.1 Å². The third-order valence-corrected chi connectivity index (χ3v) is 5.08. The van der Waals surface area contributed by atoms with Gasteiger partial charge in [-0.2, -0.15) is 0 Å². The lowest BCUT2D eigenvalue weighted by Gasteiger charge is -2.36. The summed E-state index contributed by atoms with van der Waals surface area (Å²) in [5, 5.41) is 2.98. The summed E-state index contributed by atoms with van der Waals surface area (Å²) >= 11 is 0. The molecule has 1 aliphatic heterocycles. The van der Waals surface area contributed by atoms with E-state index in [1.807, 2.05) is 17.0 Å². The maximum Gasteiger partial charge on any atom is 0.317 e. The van der Waals surface area contributed by atoms with Gasteiger partial charge in [0, 0.05) is 69.6 Å². The van der Waals surface area contributed by atoms with E-state index in [0.717, 1.165) is 44.8 Å². The second-order valence-corrected chi connectivity index (χ2v) is 6.68. The lowest BCUT2D eigenvalue weighted by molar-refractivity contribution is 0.194. The molecule has 1 aromatic heterocycles. The molecule has 6 nitrogen and oxygen atoms in total. The molecule has 2 heterocycles. The van der Waals surface area contributed by atoms with Gasteiger partial charge in [0.25, 0.3) is 0 Å². The van der Waals surface area contributed by atoms with Crippen molar-refractivity contribution in [2.45, 2.75) is 20.4 Å². The molecular formula is C21H29N5O. The van der Waals surface area contributed by atoms with Gasteiger partial charge < -0.3 is 20.0 Å². The number of hydrogen-bond acceptors (Lipinski definition) is 4. The smallest absolute Gasteiger partial charge is 0.317 e. The van der Waals surface area contributed by atoms with Gasteiger partial charge >= 0.3 is 6.03 Å². The largest absolute Gasteiger partial charge is 0.372 e. The van der Waals surface area contributed by atoms with E-state index in [9.17, 15) is 4.79 Å². The Hall–Kier alpha value is -2.76. The predicted molar refractivity (Wildman–Crippen MR) is 110 cm³/mol. The monoisotopic (exact) mass is 367 g/mol. The van der Waals surface area contributed by atoms with Gasteiger partial charge in [-0.15, -0.1) is 0 Å². The molecule has 2 amide bonds. The Morgan fingerprint density at radius 3 is 2.37 bits per heavy atom. The van der Waals surface area contributed by atoms with Crippen molar-refractivity contribution < 1.29 is 4.79 Å². The summed E-state index contributed by atoms with van der Waals surface area (Å²) in [5.74, 6) is 0. The van der Waals surface area contributed by atoms with Crippen molar-refractivity contribution in [2.24, 2.45) is 0 Å². The zero-order valence-corrected chi connectivity index (χ0v) is 16.3. The molecule has 1 saturated heterocycles. The molecule has 1 aliphatic rings. The lowest BCUT2D eigenvalue weighted by Crippen LogP contribution is -2.51. The van der Waals surface area contributed by atoms with Crippen molar-refractivity contribution in [1.29, 1.82) is 0 Å². The SMILES string of the molecule is CCN(CC)c1ccc(N2CCN(C(=O)NCc3cccnc3)CC2)cc1. The fourth-order valence-corrected chi connectivity index (χ4v) is 3.42.